The fourth-order valence-corrected chi connectivity index (χ4v) is 3.45. The first kappa shape index (κ1) is 14.4. The molecule has 98 valence electrons. The van der Waals surface area contributed by atoms with E-state index < -0.39 is 16.1 Å². The number of rotatable bonds is 4. The van der Waals surface area contributed by atoms with Crippen molar-refractivity contribution >= 4 is 21.6 Å². The van der Waals surface area contributed by atoms with Gasteiger partial charge in [0, 0.05) is 20.1 Å². The number of aliphatic hydroxyl groups excluding tert-OH is 1. The van der Waals surface area contributed by atoms with Gasteiger partial charge in [-0.1, -0.05) is 11.6 Å². The van der Waals surface area contributed by atoms with Gasteiger partial charge in [0.2, 0.25) is 10.0 Å². The topological polar surface area (TPSA) is 75.4 Å². The molecule has 0 aliphatic heterocycles. The number of hydrogen-bond acceptors (Lipinski definition) is 4. The molecule has 0 aromatic carbocycles. The van der Waals surface area contributed by atoms with Crippen LogP contribution in [0.3, 0.4) is 0 Å². The van der Waals surface area contributed by atoms with Crippen LogP contribution in [0.25, 0.3) is 0 Å². The van der Waals surface area contributed by atoms with Crippen LogP contribution in [0.2, 0.25) is 5.15 Å². The second kappa shape index (κ2) is 4.93. The number of aryl methyl sites for hydroxylation is 2. The van der Waals surface area contributed by atoms with Crippen molar-refractivity contribution in [1.29, 1.82) is 0 Å². The van der Waals surface area contributed by atoms with E-state index in [1.54, 1.807) is 20.9 Å². The molecule has 0 saturated carbocycles. The largest absolute Gasteiger partial charge is 0.395 e. The van der Waals surface area contributed by atoms with Gasteiger partial charge in [-0.05, 0) is 13.8 Å². The Morgan fingerprint density at radius 2 is 2.12 bits per heavy atom. The van der Waals surface area contributed by atoms with Crippen molar-refractivity contribution in [3.05, 3.63) is 10.8 Å². The van der Waals surface area contributed by atoms with E-state index in [0.29, 0.717) is 5.69 Å². The molecule has 0 aliphatic rings. The Bertz CT molecular complexity index is 512. The van der Waals surface area contributed by atoms with Crippen LogP contribution in [0.5, 0.6) is 0 Å². The molecule has 8 heteroatoms. The Kier molecular flexibility index (Phi) is 4.19. The molecule has 1 atom stereocenters. The number of aromatic nitrogens is 2. The van der Waals surface area contributed by atoms with Gasteiger partial charge in [0.1, 0.15) is 10.0 Å². The van der Waals surface area contributed by atoms with E-state index in [4.69, 9.17) is 16.7 Å². The summed E-state index contributed by atoms with van der Waals surface area (Å²) in [4.78, 5) is -0.00975. The summed E-state index contributed by atoms with van der Waals surface area (Å²) in [5.74, 6) is 0. The van der Waals surface area contributed by atoms with Crippen LogP contribution in [0.15, 0.2) is 4.90 Å². The molecular formula is C9H16ClN3O3S. The molecule has 1 rings (SSSR count). The molecule has 1 heterocycles. The second-order valence-electron chi connectivity index (χ2n) is 3.88. The highest BCUT2D eigenvalue weighted by molar-refractivity contribution is 7.89. The predicted octanol–water partition coefficient (Wildman–Crippen LogP) is 0.383. The van der Waals surface area contributed by atoms with Gasteiger partial charge in [-0.15, -0.1) is 0 Å². The van der Waals surface area contributed by atoms with Crippen LogP contribution < -0.4 is 0 Å². The van der Waals surface area contributed by atoms with E-state index in [-0.39, 0.29) is 16.7 Å². The first-order valence-corrected chi connectivity index (χ1v) is 6.83. The van der Waals surface area contributed by atoms with E-state index in [9.17, 15) is 8.42 Å². The lowest BCUT2D eigenvalue weighted by Crippen LogP contribution is -2.37. The van der Waals surface area contributed by atoms with Gasteiger partial charge in [0.25, 0.3) is 0 Å². The minimum absolute atomic E-state index is 0.00975. The molecule has 1 N–H and O–H groups in total. The summed E-state index contributed by atoms with van der Waals surface area (Å²) in [5.41, 5.74) is 0.342. The first-order chi connectivity index (χ1) is 7.73. The summed E-state index contributed by atoms with van der Waals surface area (Å²) in [6, 6.07) is -0.518. The second-order valence-corrected chi connectivity index (χ2v) is 6.17. The Morgan fingerprint density at radius 3 is 2.47 bits per heavy atom. The molecule has 1 unspecified atom stereocenters. The maximum absolute atomic E-state index is 12.3. The molecule has 0 radical (unpaired) electrons. The summed E-state index contributed by atoms with van der Waals surface area (Å²) in [6.45, 7) is 2.93. The van der Waals surface area contributed by atoms with Crippen LogP contribution in [-0.4, -0.2) is 47.3 Å². The van der Waals surface area contributed by atoms with Gasteiger partial charge < -0.3 is 5.11 Å². The third-order valence-corrected chi connectivity index (χ3v) is 5.29. The van der Waals surface area contributed by atoms with Gasteiger partial charge in [-0.2, -0.15) is 9.40 Å². The SMILES string of the molecule is Cc1nn(C)c(Cl)c1S(=O)(=O)N(C)C(C)CO. The van der Waals surface area contributed by atoms with Crippen molar-refractivity contribution in [2.75, 3.05) is 13.7 Å². The molecule has 6 nitrogen and oxygen atoms in total. The van der Waals surface area contributed by atoms with Gasteiger partial charge in [-0.3, -0.25) is 4.68 Å². The van der Waals surface area contributed by atoms with Crippen molar-refractivity contribution in [3.8, 4) is 0 Å². The van der Waals surface area contributed by atoms with Gasteiger partial charge >= 0.3 is 0 Å². The van der Waals surface area contributed by atoms with Crippen molar-refractivity contribution in [2.24, 2.45) is 7.05 Å². The Labute approximate surface area is 106 Å². The van der Waals surface area contributed by atoms with Gasteiger partial charge in [-0.25, -0.2) is 8.42 Å². The lowest BCUT2D eigenvalue weighted by Gasteiger charge is -2.22. The van der Waals surface area contributed by atoms with E-state index in [1.165, 1.54) is 11.7 Å². The number of nitrogens with zero attached hydrogens (tertiary/aromatic N) is 3. The molecule has 1 aromatic rings. The van der Waals surface area contributed by atoms with Crippen LogP contribution >= 0.6 is 11.6 Å². The van der Waals surface area contributed by atoms with E-state index >= 15 is 0 Å². The summed E-state index contributed by atoms with van der Waals surface area (Å²) < 4.78 is 26.9. The van der Waals surface area contributed by atoms with Gasteiger partial charge in [0.15, 0.2) is 0 Å². The lowest BCUT2D eigenvalue weighted by atomic mass is 10.4. The number of halogens is 1. The Balaban J connectivity index is 3.32. The van der Waals surface area contributed by atoms with Crippen LogP contribution in [0.1, 0.15) is 12.6 Å². The van der Waals surface area contributed by atoms with Crippen molar-refractivity contribution < 1.29 is 13.5 Å². The van der Waals surface area contributed by atoms with E-state index in [2.05, 4.69) is 5.10 Å². The quantitative estimate of drug-likeness (QED) is 0.866. The minimum atomic E-state index is -3.73. The Morgan fingerprint density at radius 1 is 1.59 bits per heavy atom. The zero-order valence-corrected chi connectivity index (χ0v) is 11.7. The molecule has 0 bridgehead atoms. The average Bonchev–Trinajstić information content (AvgIpc) is 2.51. The molecule has 1 aromatic heterocycles. The van der Waals surface area contributed by atoms with Crippen molar-refractivity contribution in [2.45, 2.75) is 24.8 Å². The third kappa shape index (κ3) is 2.47. The molecule has 17 heavy (non-hydrogen) atoms. The van der Waals surface area contributed by atoms with E-state index in [1.807, 2.05) is 0 Å². The van der Waals surface area contributed by atoms with Crippen LogP contribution in [0, 0.1) is 6.92 Å². The zero-order chi connectivity index (χ0) is 13.4. The smallest absolute Gasteiger partial charge is 0.248 e. The fourth-order valence-electron chi connectivity index (χ4n) is 1.40. The van der Waals surface area contributed by atoms with Crippen molar-refractivity contribution in [3.63, 3.8) is 0 Å². The molecule has 0 saturated heterocycles. The first-order valence-electron chi connectivity index (χ1n) is 5.01. The Hall–Kier alpha value is -0.630. The molecule has 0 spiro atoms. The van der Waals surface area contributed by atoms with Crippen LogP contribution in [-0.2, 0) is 17.1 Å². The fraction of sp³-hybridized carbons (Fsp3) is 0.667. The number of likely N-dealkylation sites (N-methyl/N-ethyl adjacent to an activating group) is 1. The number of hydrogen-bond donors (Lipinski definition) is 1. The monoisotopic (exact) mass is 281 g/mol. The zero-order valence-electron chi connectivity index (χ0n) is 10.2. The van der Waals surface area contributed by atoms with E-state index in [0.717, 1.165) is 4.31 Å². The average molecular weight is 282 g/mol. The third-order valence-electron chi connectivity index (χ3n) is 2.62. The number of sulfonamides is 1. The molecule has 0 fully saturated rings. The summed E-state index contributed by atoms with van der Waals surface area (Å²) in [5, 5.41) is 13.0. The summed E-state index contributed by atoms with van der Waals surface area (Å²) in [7, 11) is -0.758. The minimum Gasteiger partial charge on any atom is -0.395 e. The molecule has 0 amide bonds. The normalized spacial score (nSPS) is 14.3. The molecular weight excluding hydrogens is 266 g/mol. The summed E-state index contributed by atoms with van der Waals surface area (Å²) >= 11 is 5.92. The van der Waals surface area contributed by atoms with Gasteiger partial charge in [0.05, 0.1) is 12.3 Å². The highest BCUT2D eigenvalue weighted by Crippen LogP contribution is 2.27. The predicted molar refractivity (Wildman–Crippen MR) is 64.5 cm³/mol. The maximum Gasteiger partial charge on any atom is 0.248 e. The molecule has 0 aliphatic carbocycles. The van der Waals surface area contributed by atoms with Crippen LogP contribution in [0.4, 0.5) is 0 Å². The maximum atomic E-state index is 12.3. The highest BCUT2D eigenvalue weighted by atomic mass is 35.5. The number of aliphatic hydroxyl groups is 1. The standard InChI is InChI=1S/C9H16ClN3O3S/c1-6(5-14)13(4)17(15,16)8-7(2)11-12(3)9(8)10/h6,14H,5H2,1-4H3. The summed E-state index contributed by atoms with van der Waals surface area (Å²) in [6.07, 6.45) is 0. The highest BCUT2D eigenvalue weighted by Gasteiger charge is 2.31. The van der Waals surface area contributed by atoms with Crippen molar-refractivity contribution in [1.82, 2.24) is 14.1 Å². The lowest BCUT2D eigenvalue weighted by molar-refractivity contribution is 0.214.